The molecule has 2 saturated heterocycles. The highest BCUT2D eigenvalue weighted by Crippen LogP contribution is 2.43. The molecule has 0 radical (unpaired) electrons. The lowest BCUT2D eigenvalue weighted by Crippen LogP contribution is -2.62. The summed E-state index contributed by atoms with van der Waals surface area (Å²) in [5, 5.41) is 0. The van der Waals surface area contributed by atoms with E-state index in [1.165, 1.54) is 0 Å². The molecule has 31 heavy (non-hydrogen) atoms. The summed E-state index contributed by atoms with van der Waals surface area (Å²) in [7, 11) is -1.95. The highest BCUT2D eigenvalue weighted by Gasteiger charge is 2.49. The number of ether oxygens (including phenoxy) is 1. The lowest BCUT2D eigenvalue weighted by molar-refractivity contribution is -0.147. The average Bonchev–Trinajstić information content (AvgIpc) is 2.78. The summed E-state index contributed by atoms with van der Waals surface area (Å²) in [6.07, 6.45) is 2.35. The van der Waals surface area contributed by atoms with Crippen molar-refractivity contribution < 1.29 is 17.9 Å². The topological polar surface area (TPSA) is 66.9 Å². The number of sulfonamides is 1. The number of carbonyl (C=O) groups is 1. The minimum absolute atomic E-state index is 0.0522. The lowest BCUT2D eigenvalue weighted by Gasteiger charge is -2.54. The van der Waals surface area contributed by atoms with Gasteiger partial charge in [-0.25, -0.2) is 8.42 Å². The largest absolute Gasteiger partial charge is 0.497 e. The molecule has 1 spiro atoms. The van der Waals surface area contributed by atoms with Gasteiger partial charge in [0.15, 0.2) is 0 Å². The Labute approximate surface area is 184 Å². The Bertz CT molecular complexity index is 1010. The van der Waals surface area contributed by atoms with E-state index >= 15 is 0 Å². The van der Waals surface area contributed by atoms with Gasteiger partial charge in [0.05, 0.1) is 17.9 Å². The zero-order valence-electron chi connectivity index (χ0n) is 18.2. The van der Waals surface area contributed by atoms with E-state index in [1.54, 1.807) is 35.7 Å². The number of methoxy groups -OCH3 is 1. The smallest absolute Gasteiger partial charge is 0.243 e. The van der Waals surface area contributed by atoms with Crippen LogP contribution in [0.4, 0.5) is 0 Å². The normalized spacial score (nSPS) is 19.6. The van der Waals surface area contributed by atoms with Gasteiger partial charge in [0.2, 0.25) is 15.9 Å². The number of likely N-dealkylation sites (tertiary alicyclic amines) is 1. The molecule has 166 valence electrons. The Hall–Kier alpha value is -2.38. The highest BCUT2D eigenvalue weighted by atomic mass is 32.2. The molecule has 0 aromatic heterocycles. The Kier molecular flexibility index (Phi) is 6.08. The monoisotopic (exact) mass is 442 g/mol. The molecule has 1 atom stereocenters. The molecule has 1 unspecified atom stereocenters. The number of benzene rings is 2. The van der Waals surface area contributed by atoms with Crippen LogP contribution in [0.3, 0.4) is 0 Å². The average molecular weight is 443 g/mol. The maximum Gasteiger partial charge on any atom is 0.243 e. The van der Waals surface area contributed by atoms with Gasteiger partial charge in [0.25, 0.3) is 0 Å². The number of amides is 1. The fourth-order valence-electron chi connectivity index (χ4n) is 4.79. The van der Waals surface area contributed by atoms with Crippen LogP contribution in [-0.2, 0) is 14.8 Å². The molecule has 0 bridgehead atoms. The molecule has 2 aromatic rings. The number of hydrogen-bond acceptors (Lipinski definition) is 4. The Morgan fingerprint density at radius 2 is 1.65 bits per heavy atom. The van der Waals surface area contributed by atoms with Crippen LogP contribution in [0.2, 0.25) is 0 Å². The van der Waals surface area contributed by atoms with Crippen LogP contribution in [0.5, 0.6) is 5.75 Å². The summed E-state index contributed by atoms with van der Waals surface area (Å²) in [6.45, 7) is 4.49. The van der Waals surface area contributed by atoms with Crippen LogP contribution in [0.25, 0.3) is 0 Å². The van der Waals surface area contributed by atoms with E-state index in [0.29, 0.717) is 23.7 Å². The van der Waals surface area contributed by atoms with Crippen LogP contribution in [0.1, 0.15) is 37.7 Å². The van der Waals surface area contributed by atoms with E-state index in [9.17, 15) is 13.2 Å². The first-order valence-electron chi connectivity index (χ1n) is 10.9. The molecular weight excluding hydrogens is 412 g/mol. The van der Waals surface area contributed by atoms with E-state index in [1.807, 2.05) is 42.2 Å². The molecule has 0 aliphatic carbocycles. The third kappa shape index (κ3) is 4.21. The molecule has 7 heteroatoms. The van der Waals surface area contributed by atoms with Crippen LogP contribution in [-0.4, -0.2) is 56.8 Å². The molecule has 1 amide bonds. The van der Waals surface area contributed by atoms with Crippen molar-refractivity contribution in [3.8, 4) is 5.75 Å². The number of piperidine rings is 1. The van der Waals surface area contributed by atoms with Gasteiger partial charge in [-0.3, -0.25) is 4.79 Å². The summed E-state index contributed by atoms with van der Waals surface area (Å²) < 4.78 is 32.7. The van der Waals surface area contributed by atoms with Crippen molar-refractivity contribution in [3.05, 3.63) is 60.2 Å². The van der Waals surface area contributed by atoms with E-state index in [4.69, 9.17) is 4.74 Å². The van der Waals surface area contributed by atoms with Gasteiger partial charge in [-0.2, -0.15) is 4.31 Å². The third-order valence-electron chi connectivity index (χ3n) is 6.75. The molecular formula is C24H30N2O4S. The predicted octanol–water partition coefficient (Wildman–Crippen LogP) is 3.50. The van der Waals surface area contributed by atoms with Crippen LogP contribution < -0.4 is 4.74 Å². The van der Waals surface area contributed by atoms with Crippen molar-refractivity contribution >= 4 is 15.9 Å². The quantitative estimate of drug-likeness (QED) is 0.687. The summed E-state index contributed by atoms with van der Waals surface area (Å²) in [6, 6.07) is 16.5. The summed E-state index contributed by atoms with van der Waals surface area (Å²) in [5.41, 5.74) is 1.12. The second kappa shape index (κ2) is 8.63. The van der Waals surface area contributed by atoms with Gasteiger partial charge in [0.1, 0.15) is 5.75 Å². The molecule has 4 rings (SSSR count). The second-order valence-electron chi connectivity index (χ2n) is 8.65. The van der Waals surface area contributed by atoms with Gasteiger partial charge in [-0.15, -0.1) is 0 Å². The third-order valence-corrected chi connectivity index (χ3v) is 8.67. The SMILES string of the molecule is CCC(C(=O)N1CC2(CCN(S(=O)(=O)c3ccc(OC)cc3)CC2)C1)c1ccccc1. The second-order valence-corrected chi connectivity index (χ2v) is 10.6. The van der Waals surface area contributed by atoms with Crippen LogP contribution in [0.15, 0.2) is 59.5 Å². The summed E-state index contributed by atoms with van der Waals surface area (Å²) in [5.74, 6) is 0.721. The Balaban J connectivity index is 1.36. The first-order valence-corrected chi connectivity index (χ1v) is 12.3. The van der Waals surface area contributed by atoms with Crippen molar-refractivity contribution in [1.82, 2.24) is 9.21 Å². The van der Waals surface area contributed by atoms with Gasteiger partial charge in [-0.1, -0.05) is 37.3 Å². The van der Waals surface area contributed by atoms with E-state index in [-0.39, 0.29) is 17.2 Å². The predicted molar refractivity (Wildman–Crippen MR) is 119 cm³/mol. The fraction of sp³-hybridized carbons (Fsp3) is 0.458. The zero-order valence-corrected chi connectivity index (χ0v) is 19.0. The summed E-state index contributed by atoms with van der Waals surface area (Å²) in [4.78, 5) is 15.3. The van der Waals surface area contributed by atoms with Crippen molar-refractivity contribution in [2.24, 2.45) is 5.41 Å². The number of hydrogen-bond donors (Lipinski definition) is 0. The Morgan fingerprint density at radius 1 is 1.03 bits per heavy atom. The Morgan fingerprint density at radius 3 is 2.19 bits per heavy atom. The molecule has 2 aliphatic rings. The zero-order chi connectivity index (χ0) is 22.1. The van der Waals surface area contributed by atoms with Crippen LogP contribution >= 0.6 is 0 Å². The molecule has 2 aliphatic heterocycles. The van der Waals surface area contributed by atoms with Gasteiger partial charge in [-0.05, 0) is 49.1 Å². The van der Waals surface area contributed by atoms with E-state index in [0.717, 1.165) is 37.9 Å². The lowest BCUT2D eigenvalue weighted by atomic mass is 9.72. The van der Waals surface area contributed by atoms with E-state index < -0.39 is 10.0 Å². The van der Waals surface area contributed by atoms with E-state index in [2.05, 4.69) is 0 Å². The molecule has 0 N–H and O–H groups in total. The van der Waals surface area contributed by atoms with Crippen molar-refractivity contribution in [1.29, 1.82) is 0 Å². The minimum Gasteiger partial charge on any atom is -0.497 e. The molecule has 2 heterocycles. The summed E-state index contributed by atoms with van der Waals surface area (Å²) >= 11 is 0. The minimum atomic E-state index is -3.51. The number of nitrogens with zero attached hydrogens (tertiary/aromatic N) is 2. The van der Waals surface area contributed by atoms with Crippen molar-refractivity contribution in [2.45, 2.75) is 37.0 Å². The standard InChI is InChI=1S/C24H30N2O4S/c1-3-22(19-7-5-4-6-8-19)23(27)25-17-24(18-25)13-15-26(16-14-24)31(28,29)21-11-9-20(30-2)10-12-21/h4-12,22H,3,13-18H2,1-2H3. The van der Waals surface area contributed by atoms with Gasteiger partial charge >= 0.3 is 0 Å². The fourth-order valence-corrected chi connectivity index (χ4v) is 6.23. The van der Waals surface area contributed by atoms with Gasteiger partial charge in [0, 0.05) is 31.6 Å². The number of rotatable bonds is 6. The van der Waals surface area contributed by atoms with Crippen molar-refractivity contribution in [2.75, 3.05) is 33.3 Å². The van der Waals surface area contributed by atoms with Gasteiger partial charge < -0.3 is 9.64 Å². The van der Waals surface area contributed by atoms with Crippen LogP contribution in [0, 0.1) is 5.41 Å². The first-order chi connectivity index (χ1) is 14.9. The maximum atomic E-state index is 13.1. The maximum absolute atomic E-state index is 13.1. The first kappa shape index (κ1) is 21.8. The molecule has 2 fully saturated rings. The molecule has 2 aromatic carbocycles. The molecule has 6 nitrogen and oxygen atoms in total. The number of carbonyl (C=O) groups excluding carboxylic acids is 1. The molecule has 0 saturated carbocycles. The highest BCUT2D eigenvalue weighted by molar-refractivity contribution is 7.89. The van der Waals surface area contributed by atoms with Crippen molar-refractivity contribution in [3.63, 3.8) is 0 Å².